The molecule has 0 aromatic heterocycles. The lowest BCUT2D eigenvalue weighted by Gasteiger charge is -2.38. The average Bonchev–Trinajstić information content (AvgIpc) is 2.82. The number of carbonyl (C=O) groups is 2. The highest BCUT2D eigenvalue weighted by Crippen LogP contribution is 2.37. The van der Waals surface area contributed by atoms with Gasteiger partial charge in [-0.25, -0.2) is 9.59 Å². The van der Waals surface area contributed by atoms with Crippen molar-refractivity contribution in [1.29, 1.82) is 0 Å². The van der Waals surface area contributed by atoms with E-state index in [1.807, 2.05) is 37.3 Å². The number of hydrogen-bond donors (Lipinski definition) is 2. The fourth-order valence-corrected chi connectivity index (χ4v) is 3.81. The van der Waals surface area contributed by atoms with Gasteiger partial charge in [0.25, 0.3) is 0 Å². The molecule has 0 aliphatic carbocycles. The number of hydrogen-bond acceptors (Lipinski definition) is 4. The molecule has 12 heteroatoms. The second-order valence-electron chi connectivity index (χ2n) is 8.07. The van der Waals surface area contributed by atoms with Gasteiger partial charge in [-0.05, 0) is 42.3 Å². The van der Waals surface area contributed by atoms with Crippen LogP contribution in [0.15, 0.2) is 48.5 Å². The van der Waals surface area contributed by atoms with Crippen molar-refractivity contribution >= 4 is 11.9 Å². The predicted molar refractivity (Wildman–Crippen MR) is 116 cm³/mol. The molecule has 2 aromatic carbocycles. The van der Waals surface area contributed by atoms with Crippen molar-refractivity contribution in [3.63, 3.8) is 0 Å². The molecule has 2 aromatic rings. The topological polar surface area (TPSA) is 87.1 Å². The van der Waals surface area contributed by atoms with Gasteiger partial charge in [0.2, 0.25) is 0 Å². The van der Waals surface area contributed by atoms with Gasteiger partial charge in [-0.2, -0.15) is 26.3 Å². The number of alkyl halides is 6. The van der Waals surface area contributed by atoms with E-state index in [2.05, 4.69) is 4.90 Å². The zero-order valence-electron chi connectivity index (χ0n) is 19.1. The van der Waals surface area contributed by atoms with Crippen LogP contribution >= 0.6 is 0 Å². The lowest BCUT2D eigenvalue weighted by atomic mass is 9.88. The van der Waals surface area contributed by atoms with E-state index in [-0.39, 0.29) is 30.3 Å². The summed E-state index contributed by atoms with van der Waals surface area (Å²) < 4.78 is 84.4. The molecule has 1 fully saturated rings. The summed E-state index contributed by atoms with van der Waals surface area (Å²) in [5.74, 6) is -3.65. The second kappa shape index (κ2) is 12.2. The van der Waals surface area contributed by atoms with E-state index >= 15 is 0 Å². The third kappa shape index (κ3) is 8.52. The Hall–Kier alpha value is -3.12. The number of ether oxygens (including phenoxy) is 1. The summed E-state index contributed by atoms with van der Waals surface area (Å²) in [7, 11) is 0. The van der Waals surface area contributed by atoms with Crippen molar-refractivity contribution in [2.45, 2.75) is 44.3 Å². The van der Waals surface area contributed by atoms with E-state index in [0.29, 0.717) is 6.42 Å². The number of carboxylic acids is 2. The van der Waals surface area contributed by atoms with Crippen molar-refractivity contribution in [3.05, 3.63) is 70.8 Å². The second-order valence-corrected chi connectivity index (χ2v) is 8.07. The van der Waals surface area contributed by atoms with Crippen LogP contribution in [0.25, 0.3) is 0 Å². The third-order valence-corrected chi connectivity index (χ3v) is 5.60. The molecule has 1 aliphatic rings. The fraction of sp³-hybridized carbons (Fsp3) is 0.417. The molecule has 0 amide bonds. The SMILES string of the molecule is CCN1CCC(OCc2cc(C(F)(F)F)cc(C(F)(F)F)c2)C(c2ccccc2)C1.O=C(O)C(=O)O. The van der Waals surface area contributed by atoms with Gasteiger partial charge in [0, 0.05) is 19.0 Å². The zero-order valence-corrected chi connectivity index (χ0v) is 19.1. The van der Waals surface area contributed by atoms with E-state index in [1.54, 1.807) is 0 Å². The number of carboxylic acid groups (broad SMARTS) is 2. The van der Waals surface area contributed by atoms with Crippen LogP contribution in [0, 0.1) is 0 Å². The molecule has 2 unspecified atom stereocenters. The van der Waals surface area contributed by atoms with Crippen LogP contribution in [-0.4, -0.2) is 52.8 Å². The fourth-order valence-electron chi connectivity index (χ4n) is 3.81. The summed E-state index contributed by atoms with van der Waals surface area (Å²) in [5.41, 5.74) is -1.74. The lowest BCUT2D eigenvalue weighted by Crippen LogP contribution is -2.42. The highest BCUT2D eigenvalue weighted by atomic mass is 19.4. The number of rotatable bonds is 5. The van der Waals surface area contributed by atoms with Gasteiger partial charge < -0.3 is 19.8 Å². The molecule has 0 spiro atoms. The molecular formula is C24H25F6NO5. The first-order chi connectivity index (χ1) is 16.7. The Kier molecular flexibility index (Phi) is 9.88. The van der Waals surface area contributed by atoms with Crippen LogP contribution in [-0.2, 0) is 33.3 Å². The number of aliphatic carboxylic acids is 2. The summed E-state index contributed by atoms with van der Waals surface area (Å²) in [5, 5.41) is 14.8. The number of likely N-dealkylation sites (tertiary alicyclic amines) is 1. The molecule has 3 rings (SSSR count). The van der Waals surface area contributed by atoms with Crippen LogP contribution in [0.4, 0.5) is 26.3 Å². The molecule has 1 aliphatic heterocycles. The van der Waals surface area contributed by atoms with Crippen molar-refractivity contribution in [2.75, 3.05) is 19.6 Å². The minimum Gasteiger partial charge on any atom is -0.473 e. The summed E-state index contributed by atoms with van der Waals surface area (Å²) in [6, 6.07) is 11.2. The normalized spacial score (nSPS) is 18.8. The molecular weight excluding hydrogens is 496 g/mol. The van der Waals surface area contributed by atoms with Gasteiger partial charge >= 0.3 is 24.3 Å². The monoisotopic (exact) mass is 521 g/mol. The highest BCUT2D eigenvalue weighted by Gasteiger charge is 2.37. The van der Waals surface area contributed by atoms with Gasteiger partial charge in [0.15, 0.2) is 0 Å². The summed E-state index contributed by atoms with van der Waals surface area (Å²) >= 11 is 0. The van der Waals surface area contributed by atoms with Crippen molar-refractivity contribution in [3.8, 4) is 0 Å². The Morgan fingerprint density at radius 2 is 1.47 bits per heavy atom. The molecule has 1 heterocycles. The quantitative estimate of drug-likeness (QED) is 0.412. The number of halogens is 6. The molecule has 198 valence electrons. The molecule has 2 N–H and O–H groups in total. The van der Waals surface area contributed by atoms with Crippen molar-refractivity contribution < 1.29 is 50.9 Å². The zero-order chi connectivity index (χ0) is 27.1. The number of piperidine rings is 1. The van der Waals surface area contributed by atoms with E-state index in [0.717, 1.165) is 37.3 Å². The Morgan fingerprint density at radius 1 is 0.944 bits per heavy atom. The van der Waals surface area contributed by atoms with Crippen LogP contribution in [0.2, 0.25) is 0 Å². The van der Waals surface area contributed by atoms with E-state index in [4.69, 9.17) is 24.5 Å². The maximum Gasteiger partial charge on any atom is 0.416 e. The van der Waals surface area contributed by atoms with Crippen LogP contribution < -0.4 is 0 Å². The van der Waals surface area contributed by atoms with Crippen LogP contribution in [0.3, 0.4) is 0 Å². The van der Waals surface area contributed by atoms with E-state index in [9.17, 15) is 26.3 Å². The summed E-state index contributed by atoms with van der Waals surface area (Å²) in [6.07, 6.45) is -9.37. The van der Waals surface area contributed by atoms with Gasteiger partial charge in [-0.15, -0.1) is 0 Å². The lowest BCUT2D eigenvalue weighted by molar-refractivity contribution is -0.159. The summed E-state index contributed by atoms with van der Waals surface area (Å²) in [4.78, 5) is 20.5. The Balaban J connectivity index is 0.000000678. The molecule has 0 bridgehead atoms. The average molecular weight is 521 g/mol. The van der Waals surface area contributed by atoms with E-state index < -0.39 is 35.4 Å². The molecule has 36 heavy (non-hydrogen) atoms. The maximum atomic E-state index is 13.1. The van der Waals surface area contributed by atoms with Gasteiger partial charge in [0.1, 0.15) is 0 Å². The molecule has 6 nitrogen and oxygen atoms in total. The maximum absolute atomic E-state index is 13.1. The first-order valence-electron chi connectivity index (χ1n) is 10.9. The number of benzene rings is 2. The largest absolute Gasteiger partial charge is 0.473 e. The molecule has 0 saturated carbocycles. The smallest absolute Gasteiger partial charge is 0.416 e. The first-order valence-corrected chi connectivity index (χ1v) is 10.9. The van der Waals surface area contributed by atoms with Crippen LogP contribution in [0.1, 0.15) is 41.5 Å². The standard InChI is InChI=1S/C22H23F6NO.C2H2O4/c1-2-29-9-8-20(19(13-29)16-6-4-3-5-7-16)30-14-15-10-17(21(23,24)25)12-18(11-15)22(26,27)28;3-1(4)2(5)6/h3-7,10-12,19-20H,2,8-9,13-14H2,1H3;(H,3,4)(H,5,6). The molecule has 0 radical (unpaired) electrons. The minimum atomic E-state index is -4.87. The molecule has 1 saturated heterocycles. The van der Waals surface area contributed by atoms with Gasteiger partial charge in [-0.3, -0.25) is 0 Å². The van der Waals surface area contributed by atoms with Gasteiger partial charge in [0.05, 0.1) is 23.8 Å². The van der Waals surface area contributed by atoms with E-state index in [1.165, 1.54) is 0 Å². The number of nitrogens with zero attached hydrogens (tertiary/aromatic N) is 1. The minimum absolute atomic E-state index is 0.00668. The Labute approximate surface area is 203 Å². The van der Waals surface area contributed by atoms with Gasteiger partial charge in [-0.1, -0.05) is 37.3 Å². The van der Waals surface area contributed by atoms with Crippen LogP contribution in [0.5, 0.6) is 0 Å². The third-order valence-electron chi connectivity index (χ3n) is 5.60. The molecule has 2 atom stereocenters. The number of likely N-dealkylation sites (N-methyl/N-ethyl adjacent to an activating group) is 1. The van der Waals surface area contributed by atoms with Crippen molar-refractivity contribution in [1.82, 2.24) is 4.90 Å². The Bertz CT molecular complexity index is 982. The predicted octanol–water partition coefficient (Wildman–Crippen LogP) is 5.27. The Morgan fingerprint density at radius 3 is 1.92 bits per heavy atom. The van der Waals surface area contributed by atoms with Crippen molar-refractivity contribution in [2.24, 2.45) is 0 Å². The first kappa shape index (κ1) is 29.1. The summed E-state index contributed by atoms with van der Waals surface area (Å²) in [6.45, 7) is 4.08. The highest BCUT2D eigenvalue weighted by molar-refractivity contribution is 6.27.